The molecule has 0 aromatic carbocycles. The number of piperazine rings is 1. The Balaban J connectivity index is 1.88. The van der Waals surface area contributed by atoms with E-state index in [1.165, 1.54) is 0 Å². The van der Waals surface area contributed by atoms with Gasteiger partial charge < -0.3 is 5.32 Å². The van der Waals surface area contributed by atoms with Crippen LogP contribution < -0.4 is 10.0 Å². The first kappa shape index (κ1) is 14.2. The minimum absolute atomic E-state index is 0.423. The summed E-state index contributed by atoms with van der Waals surface area (Å²) in [7, 11) is -3.34. The lowest BCUT2D eigenvalue weighted by Crippen LogP contribution is -2.63. The van der Waals surface area contributed by atoms with Crippen LogP contribution in [0.3, 0.4) is 0 Å². The van der Waals surface area contributed by atoms with Crippen LogP contribution in [0, 0.1) is 0 Å². The van der Waals surface area contributed by atoms with E-state index in [0.29, 0.717) is 19.1 Å². The van der Waals surface area contributed by atoms with Gasteiger partial charge in [-0.05, 0) is 20.8 Å². The molecule has 2 heterocycles. The Labute approximate surface area is 110 Å². The maximum absolute atomic E-state index is 12.1. The van der Waals surface area contributed by atoms with Crippen molar-refractivity contribution in [3.8, 4) is 0 Å². The first-order valence-corrected chi connectivity index (χ1v) is 7.96. The number of hydrogen-bond acceptors (Lipinski definition) is 4. The molecule has 0 unspecified atom stereocenters. The highest BCUT2D eigenvalue weighted by Gasteiger charge is 2.33. The van der Waals surface area contributed by atoms with E-state index in [-0.39, 0.29) is 0 Å². The van der Waals surface area contributed by atoms with Gasteiger partial charge in [-0.3, -0.25) is 4.90 Å². The highest BCUT2D eigenvalue weighted by Crippen LogP contribution is 2.13. The summed E-state index contributed by atoms with van der Waals surface area (Å²) in [4.78, 5) is 2.37. The first-order valence-electron chi connectivity index (χ1n) is 6.52. The Kier molecular flexibility index (Phi) is 3.99. The van der Waals surface area contributed by atoms with E-state index in [1.54, 1.807) is 4.31 Å². The lowest BCUT2D eigenvalue weighted by atomic mass is 10.1. The maximum atomic E-state index is 12.1. The number of nitrogens with zero attached hydrogens (tertiary/aromatic N) is 2. The van der Waals surface area contributed by atoms with Gasteiger partial charge in [-0.2, -0.15) is 17.4 Å². The molecule has 7 heteroatoms. The third-order valence-corrected chi connectivity index (χ3v) is 5.24. The second-order valence-electron chi connectivity index (χ2n) is 6.10. The molecule has 2 fully saturated rings. The lowest BCUT2D eigenvalue weighted by Gasteiger charge is -2.43. The SMILES string of the molecule is CC(C)(C)NS(=O)(=O)N1CCN(C2CNC2)CC1. The average molecular weight is 276 g/mol. The van der Waals surface area contributed by atoms with Crippen molar-refractivity contribution in [2.75, 3.05) is 39.3 Å². The molecule has 2 rings (SSSR count). The molecule has 0 spiro atoms. The standard InChI is InChI=1S/C11H24N4O2S/c1-11(2,3)13-18(16,17)15-6-4-14(5-7-15)10-8-12-9-10/h10,12-13H,4-9H2,1-3H3. The van der Waals surface area contributed by atoms with Crippen LogP contribution in [0.15, 0.2) is 0 Å². The molecule has 0 radical (unpaired) electrons. The maximum Gasteiger partial charge on any atom is 0.280 e. The summed E-state index contributed by atoms with van der Waals surface area (Å²) < 4.78 is 28.6. The Morgan fingerprint density at radius 3 is 2.06 bits per heavy atom. The molecule has 6 nitrogen and oxygen atoms in total. The Bertz CT molecular complexity index is 378. The molecule has 0 amide bonds. The average Bonchev–Trinajstić information content (AvgIpc) is 2.11. The molecular formula is C11H24N4O2S. The van der Waals surface area contributed by atoms with Gasteiger partial charge in [0.25, 0.3) is 10.2 Å². The molecule has 2 N–H and O–H groups in total. The largest absolute Gasteiger partial charge is 0.314 e. The van der Waals surface area contributed by atoms with Crippen LogP contribution >= 0.6 is 0 Å². The zero-order valence-electron chi connectivity index (χ0n) is 11.4. The molecule has 0 bridgehead atoms. The number of hydrogen-bond donors (Lipinski definition) is 2. The predicted molar refractivity (Wildman–Crippen MR) is 71.6 cm³/mol. The second-order valence-corrected chi connectivity index (χ2v) is 7.77. The van der Waals surface area contributed by atoms with Gasteiger partial charge in [0.15, 0.2) is 0 Å². The van der Waals surface area contributed by atoms with Gasteiger partial charge in [0.1, 0.15) is 0 Å². The van der Waals surface area contributed by atoms with Crippen LogP contribution in [0.2, 0.25) is 0 Å². The van der Waals surface area contributed by atoms with E-state index in [1.807, 2.05) is 20.8 Å². The van der Waals surface area contributed by atoms with Crippen LogP contribution in [0.4, 0.5) is 0 Å². The molecule has 2 saturated heterocycles. The van der Waals surface area contributed by atoms with E-state index >= 15 is 0 Å². The van der Waals surface area contributed by atoms with Crippen molar-refractivity contribution in [2.45, 2.75) is 32.4 Å². The molecule has 0 aliphatic carbocycles. The molecule has 0 aromatic heterocycles. The molecule has 18 heavy (non-hydrogen) atoms. The van der Waals surface area contributed by atoms with E-state index in [4.69, 9.17) is 0 Å². The first-order chi connectivity index (χ1) is 8.28. The van der Waals surface area contributed by atoms with Crippen molar-refractivity contribution in [3.63, 3.8) is 0 Å². The molecule has 0 saturated carbocycles. The molecular weight excluding hydrogens is 252 g/mol. The topological polar surface area (TPSA) is 64.7 Å². The van der Waals surface area contributed by atoms with E-state index in [2.05, 4.69) is 14.9 Å². The highest BCUT2D eigenvalue weighted by molar-refractivity contribution is 7.87. The third-order valence-electron chi connectivity index (χ3n) is 3.32. The van der Waals surface area contributed by atoms with Crippen molar-refractivity contribution in [3.05, 3.63) is 0 Å². The smallest absolute Gasteiger partial charge is 0.280 e. The van der Waals surface area contributed by atoms with Gasteiger partial charge in [0, 0.05) is 50.8 Å². The minimum atomic E-state index is -3.34. The van der Waals surface area contributed by atoms with Crippen molar-refractivity contribution in [1.82, 2.24) is 19.2 Å². The van der Waals surface area contributed by atoms with Crippen LogP contribution in [0.25, 0.3) is 0 Å². The van der Waals surface area contributed by atoms with Gasteiger partial charge in [0.05, 0.1) is 0 Å². The molecule has 106 valence electrons. The molecule has 2 aliphatic rings. The summed E-state index contributed by atoms with van der Waals surface area (Å²) in [5.41, 5.74) is -0.423. The van der Waals surface area contributed by atoms with Gasteiger partial charge in [-0.15, -0.1) is 0 Å². The fraction of sp³-hybridized carbons (Fsp3) is 1.00. The molecule has 0 atom stereocenters. The lowest BCUT2D eigenvalue weighted by molar-refractivity contribution is 0.102. The summed E-state index contributed by atoms with van der Waals surface area (Å²) in [6.07, 6.45) is 0. The Morgan fingerprint density at radius 2 is 1.67 bits per heavy atom. The minimum Gasteiger partial charge on any atom is -0.314 e. The second kappa shape index (κ2) is 5.05. The normalized spacial score (nSPS) is 25.1. The predicted octanol–water partition coefficient (Wildman–Crippen LogP) is -0.791. The summed E-state index contributed by atoms with van der Waals surface area (Å²) in [6.45, 7) is 10.5. The summed E-state index contributed by atoms with van der Waals surface area (Å²) in [5.74, 6) is 0. The summed E-state index contributed by atoms with van der Waals surface area (Å²) in [6, 6.07) is 0.602. The van der Waals surface area contributed by atoms with Gasteiger partial charge >= 0.3 is 0 Å². The van der Waals surface area contributed by atoms with Crippen molar-refractivity contribution >= 4 is 10.2 Å². The quantitative estimate of drug-likeness (QED) is 0.709. The summed E-state index contributed by atoms with van der Waals surface area (Å²) in [5, 5.41) is 3.25. The van der Waals surface area contributed by atoms with E-state index in [9.17, 15) is 8.42 Å². The van der Waals surface area contributed by atoms with Crippen LogP contribution in [-0.4, -0.2) is 68.5 Å². The Hall–Kier alpha value is -0.210. The van der Waals surface area contributed by atoms with Gasteiger partial charge in [-0.1, -0.05) is 0 Å². The van der Waals surface area contributed by atoms with Crippen LogP contribution in [0.5, 0.6) is 0 Å². The third kappa shape index (κ3) is 3.42. The molecule has 0 aromatic rings. The zero-order chi connectivity index (χ0) is 13.4. The van der Waals surface area contributed by atoms with Crippen LogP contribution in [-0.2, 0) is 10.2 Å². The number of rotatable bonds is 3. The van der Waals surface area contributed by atoms with Crippen molar-refractivity contribution in [2.24, 2.45) is 0 Å². The van der Waals surface area contributed by atoms with E-state index < -0.39 is 15.7 Å². The number of nitrogens with one attached hydrogen (secondary N) is 2. The fourth-order valence-electron chi connectivity index (χ4n) is 2.29. The zero-order valence-corrected chi connectivity index (χ0v) is 12.3. The van der Waals surface area contributed by atoms with Gasteiger partial charge in [-0.25, -0.2) is 0 Å². The van der Waals surface area contributed by atoms with E-state index in [0.717, 1.165) is 26.2 Å². The monoisotopic (exact) mass is 276 g/mol. The Morgan fingerprint density at radius 1 is 1.11 bits per heavy atom. The highest BCUT2D eigenvalue weighted by atomic mass is 32.2. The van der Waals surface area contributed by atoms with Gasteiger partial charge in [0.2, 0.25) is 0 Å². The van der Waals surface area contributed by atoms with Crippen LogP contribution in [0.1, 0.15) is 20.8 Å². The molecule has 2 aliphatic heterocycles. The summed E-state index contributed by atoms with van der Waals surface area (Å²) >= 11 is 0. The van der Waals surface area contributed by atoms with Crippen molar-refractivity contribution in [1.29, 1.82) is 0 Å². The van der Waals surface area contributed by atoms with Crippen molar-refractivity contribution < 1.29 is 8.42 Å². The fourth-order valence-corrected chi connectivity index (χ4v) is 3.84.